The highest BCUT2D eigenvalue weighted by Crippen LogP contribution is 1.92. The molecule has 0 amide bonds. The molecule has 0 radical (unpaired) electrons. The van der Waals surface area contributed by atoms with Crippen molar-refractivity contribution in [1.29, 1.82) is 0 Å². The van der Waals surface area contributed by atoms with E-state index >= 15 is 0 Å². The predicted molar refractivity (Wildman–Crippen MR) is 73.9 cm³/mol. The van der Waals surface area contributed by atoms with Gasteiger partial charge in [-0.3, -0.25) is 0 Å². The summed E-state index contributed by atoms with van der Waals surface area (Å²) >= 11 is 1.61. The maximum atomic E-state index is 3.96. The van der Waals surface area contributed by atoms with Gasteiger partial charge in [-0.2, -0.15) is 10.2 Å². The molecule has 1 atom stereocenters. The first-order valence-corrected chi connectivity index (χ1v) is 6.32. The number of rotatable bonds is 9. The average molecular weight is 243 g/mol. The first-order valence-electron chi connectivity index (χ1n) is 5.27. The van der Waals surface area contributed by atoms with E-state index in [-0.39, 0.29) is 0 Å². The minimum Gasteiger partial charge on any atom is -0.313 e. The van der Waals surface area contributed by atoms with Crippen LogP contribution >= 0.6 is 11.8 Å². The van der Waals surface area contributed by atoms with Crippen LogP contribution in [0.1, 0.15) is 13.8 Å². The maximum absolute atomic E-state index is 3.96. The summed E-state index contributed by atoms with van der Waals surface area (Å²) < 4.78 is 0. The molecule has 92 valence electrons. The number of hydrogen-bond acceptors (Lipinski definition) is 6. The lowest BCUT2D eigenvalue weighted by Crippen LogP contribution is -2.23. The van der Waals surface area contributed by atoms with Crippen LogP contribution in [0.5, 0.6) is 0 Å². The van der Waals surface area contributed by atoms with Gasteiger partial charge in [0.25, 0.3) is 0 Å². The average Bonchev–Trinajstić information content (AvgIpc) is 2.28. The van der Waals surface area contributed by atoms with Gasteiger partial charge in [0.05, 0.1) is 5.55 Å². The third kappa shape index (κ3) is 11.1. The Balaban J connectivity index is 3.49. The van der Waals surface area contributed by atoms with E-state index < -0.39 is 0 Å². The Morgan fingerprint density at radius 3 is 2.88 bits per heavy atom. The number of hydrogen-bond donors (Lipinski definition) is 3. The molecule has 3 N–H and O–H groups in total. The fraction of sp³-hybridized carbons (Fsp3) is 0.600. The summed E-state index contributed by atoms with van der Waals surface area (Å²) in [5.41, 5.74) is 7.32. The minimum atomic E-state index is 0.323. The van der Waals surface area contributed by atoms with Crippen molar-refractivity contribution in [3.8, 4) is 0 Å². The molecule has 0 saturated carbocycles. The van der Waals surface area contributed by atoms with Crippen molar-refractivity contribution in [2.24, 2.45) is 10.2 Å². The quantitative estimate of drug-likeness (QED) is 0.186. The van der Waals surface area contributed by atoms with Gasteiger partial charge in [0.2, 0.25) is 0 Å². The van der Waals surface area contributed by atoms with Crippen molar-refractivity contribution in [3.63, 3.8) is 0 Å². The summed E-state index contributed by atoms with van der Waals surface area (Å²) in [6.07, 6.45) is 5.72. The topological polar surface area (TPSA) is 60.8 Å². The van der Waals surface area contributed by atoms with Gasteiger partial charge in [-0.15, -0.1) is 0 Å². The lowest BCUT2D eigenvalue weighted by atomic mass is 10.3. The van der Waals surface area contributed by atoms with Crippen LogP contribution in [0.2, 0.25) is 0 Å². The SMILES string of the molecule is CCN/N=C\C=C\C(C)NCS/C=N\NC. The highest BCUT2D eigenvalue weighted by Gasteiger charge is 1.92. The van der Waals surface area contributed by atoms with E-state index in [2.05, 4.69) is 39.4 Å². The first kappa shape index (κ1) is 15.0. The first-order chi connectivity index (χ1) is 7.81. The normalized spacial score (nSPS) is 13.9. The number of hydrazone groups is 2. The van der Waals surface area contributed by atoms with E-state index in [1.807, 2.05) is 13.0 Å². The minimum absolute atomic E-state index is 0.323. The molecule has 0 bridgehead atoms. The van der Waals surface area contributed by atoms with Crippen LogP contribution in [0.3, 0.4) is 0 Å². The van der Waals surface area contributed by atoms with E-state index in [0.717, 1.165) is 12.4 Å². The molecule has 1 unspecified atom stereocenters. The monoisotopic (exact) mass is 243 g/mol. The third-order valence-electron chi connectivity index (χ3n) is 1.55. The molecule has 0 aromatic rings. The van der Waals surface area contributed by atoms with Crippen molar-refractivity contribution < 1.29 is 0 Å². The van der Waals surface area contributed by atoms with E-state index in [9.17, 15) is 0 Å². The summed E-state index contributed by atoms with van der Waals surface area (Å²) in [4.78, 5) is 0. The lowest BCUT2D eigenvalue weighted by molar-refractivity contribution is 0.714. The van der Waals surface area contributed by atoms with Crippen LogP contribution in [-0.4, -0.2) is 37.3 Å². The van der Waals surface area contributed by atoms with Crippen molar-refractivity contribution in [2.75, 3.05) is 19.5 Å². The molecule has 6 heteroatoms. The Labute approximate surface area is 102 Å². The van der Waals surface area contributed by atoms with E-state index in [1.165, 1.54) is 0 Å². The standard InChI is InChI=1S/C10H21N5S/c1-4-13-14-7-5-6-10(2)12-8-16-9-15-11-3/h5-7,9-13H,4,8H2,1-3H3/b6-5+,14-7-,15-9-. The summed E-state index contributed by atoms with van der Waals surface area (Å²) in [5, 5.41) is 11.1. The molecular weight excluding hydrogens is 222 g/mol. The zero-order valence-corrected chi connectivity index (χ0v) is 10.9. The summed E-state index contributed by atoms with van der Waals surface area (Å²) in [5.74, 6) is 0.834. The smallest absolute Gasteiger partial charge is 0.0809 e. The van der Waals surface area contributed by atoms with E-state index in [0.29, 0.717) is 6.04 Å². The largest absolute Gasteiger partial charge is 0.313 e. The molecule has 5 nitrogen and oxygen atoms in total. The number of allylic oxidation sites excluding steroid dienone is 1. The zero-order valence-electron chi connectivity index (χ0n) is 10.1. The van der Waals surface area contributed by atoms with Gasteiger partial charge in [0.1, 0.15) is 0 Å². The van der Waals surface area contributed by atoms with Crippen LogP contribution in [0.4, 0.5) is 0 Å². The van der Waals surface area contributed by atoms with Crippen LogP contribution in [0.25, 0.3) is 0 Å². The molecule has 16 heavy (non-hydrogen) atoms. The van der Waals surface area contributed by atoms with Crippen LogP contribution in [0.15, 0.2) is 22.4 Å². The number of nitrogens with zero attached hydrogens (tertiary/aromatic N) is 2. The van der Waals surface area contributed by atoms with Crippen molar-refractivity contribution >= 4 is 23.5 Å². The van der Waals surface area contributed by atoms with Crippen LogP contribution in [0, 0.1) is 0 Å². The molecule has 0 heterocycles. The Morgan fingerprint density at radius 2 is 2.19 bits per heavy atom. The van der Waals surface area contributed by atoms with Gasteiger partial charge >= 0.3 is 0 Å². The molecule has 0 aliphatic carbocycles. The maximum Gasteiger partial charge on any atom is 0.0809 e. The molecule has 0 saturated heterocycles. The Morgan fingerprint density at radius 1 is 1.38 bits per heavy atom. The van der Waals surface area contributed by atoms with Crippen molar-refractivity contribution in [1.82, 2.24) is 16.2 Å². The second-order valence-corrected chi connectivity index (χ2v) is 3.77. The van der Waals surface area contributed by atoms with Crippen LogP contribution < -0.4 is 16.2 Å². The second-order valence-electron chi connectivity index (χ2n) is 2.94. The fourth-order valence-corrected chi connectivity index (χ4v) is 1.39. The van der Waals surface area contributed by atoms with Gasteiger partial charge in [-0.25, -0.2) is 0 Å². The zero-order chi connectivity index (χ0) is 12.1. The lowest BCUT2D eigenvalue weighted by Gasteiger charge is -2.06. The fourth-order valence-electron chi connectivity index (χ4n) is 0.778. The van der Waals surface area contributed by atoms with Gasteiger partial charge in [0, 0.05) is 31.7 Å². The van der Waals surface area contributed by atoms with Gasteiger partial charge in [0.15, 0.2) is 0 Å². The van der Waals surface area contributed by atoms with Gasteiger partial charge < -0.3 is 16.2 Å². The summed E-state index contributed by atoms with van der Waals surface area (Å²) in [6.45, 7) is 4.95. The molecule has 0 aromatic heterocycles. The summed E-state index contributed by atoms with van der Waals surface area (Å²) in [6, 6.07) is 0.323. The van der Waals surface area contributed by atoms with Crippen molar-refractivity contribution in [2.45, 2.75) is 19.9 Å². The van der Waals surface area contributed by atoms with E-state index in [1.54, 1.807) is 30.6 Å². The molecule has 0 aromatic carbocycles. The molecule has 0 aliphatic rings. The predicted octanol–water partition coefficient (Wildman–Crippen LogP) is 0.969. The second kappa shape index (κ2) is 12.1. The molecule has 0 spiro atoms. The van der Waals surface area contributed by atoms with Crippen molar-refractivity contribution in [3.05, 3.63) is 12.2 Å². The molecule has 0 aliphatic heterocycles. The molecular formula is C10H21N5S. The number of nitrogens with one attached hydrogen (secondary N) is 3. The molecule has 0 fully saturated rings. The Hall–Kier alpha value is -1.01. The third-order valence-corrected chi connectivity index (χ3v) is 2.14. The molecule has 0 rings (SSSR count). The van der Waals surface area contributed by atoms with E-state index in [4.69, 9.17) is 0 Å². The number of thioether (sulfide) groups is 1. The highest BCUT2D eigenvalue weighted by atomic mass is 32.2. The van der Waals surface area contributed by atoms with Crippen LogP contribution in [-0.2, 0) is 0 Å². The van der Waals surface area contributed by atoms with Gasteiger partial charge in [-0.1, -0.05) is 17.8 Å². The Bertz CT molecular complexity index is 227. The highest BCUT2D eigenvalue weighted by molar-refractivity contribution is 8.12. The summed E-state index contributed by atoms with van der Waals surface area (Å²) in [7, 11) is 1.78. The van der Waals surface area contributed by atoms with Gasteiger partial charge in [-0.05, 0) is 19.9 Å². The Kier molecular flexibility index (Phi) is 11.3.